The fraction of sp³-hybridized carbons (Fsp3) is 0.417. The Balaban J connectivity index is 1.31. The Morgan fingerprint density at radius 3 is 2.35 bits per heavy atom. The summed E-state index contributed by atoms with van der Waals surface area (Å²) in [6.45, 7) is 9.32. The van der Waals surface area contributed by atoms with Gasteiger partial charge in [0.2, 0.25) is 11.8 Å². The SMILES string of the molecule is CCCCCCCOc1ccc(-c2coc(-c3ccc(C[C@H](NC(=O)C4C=CC(C(C)(C)C)=CC4)C(=O)O)cc3)n2)cc1. The number of rotatable bonds is 14. The first-order chi connectivity index (χ1) is 20.6. The largest absolute Gasteiger partial charge is 0.494 e. The van der Waals surface area contributed by atoms with Crippen LogP contribution in [0.1, 0.15) is 71.8 Å². The molecule has 0 radical (unpaired) electrons. The van der Waals surface area contributed by atoms with Gasteiger partial charge in [0.1, 0.15) is 23.7 Å². The Kier molecular flexibility index (Phi) is 11.0. The first-order valence-electron chi connectivity index (χ1n) is 15.3. The number of amides is 1. The van der Waals surface area contributed by atoms with Crippen LogP contribution in [0.2, 0.25) is 0 Å². The summed E-state index contributed by atoms with van der Waals surface area (Å²) in [5.41, 5.74) is 4.41. The molecule has 0 aliphatic heterocycles. The molecule has 1 heterocycles. The fourth-order valence-corrected chi connectivity index (χ4v) is 5.03. The van der Waals surface area contributed by atoms with Crippen LogP contribution in [0.4, 0.5) is 0 Å². The van der Waals surface area contributed by atoms with Crippen molar-refractivity contribution in [2.75, 3.05) is 6.61 Å². The molecule has 1 unspecified atom stereocenters. The Hall–Kier alpha value is -4.13. The third-order valence-corrected chi connectivity index (χ3v) is 7.73. The van der Waals surface area contributed by atoms with E-state index in [4.69, 9.17) is 9.15 Å². The standard InChI is InChI=1S/C36H44N2O5/c1-5-6-7-8-9-22-42-30-20-16-26(17-21-30)32-24-43-34(38-32)28-12-10-25(11-13-28)23-31(35(40)41)37-33(39)27-14-18-29(19-15-27)36(2,3)4/h10-14,16-21,24,27,31H,5-9,15,22-23H2,1-4H3,(H,37,39)(H,40,41)/t27?,31-/m0/s1. The lowest BCUT2D eigenvalue weighted by Crippen LogP contribution is -2.44. The highest BCUT2D eigenvalue weighted by Gasteiger charge is 2.26. The zero-order valence-electron chi connectivity index (χ0n) is 25.8. The van der Waals surface area contributed by atoms with Crippen molar-refractivity contribution in [3.8, 4) is 28.5 Å². The molecule has 2 atom stereocenters. The first-order valence-corrected chi connectivity index (χ1v) is 15.3. The van der Waals surface area contributed by atoms with Crippen molar-refractivity contribution in [1.82, 2.24) is 10.3 Å². The maximum Gasteiger partial charge on any atom is 0.326 e. The molecular formula is C36H44N2O5. The Morgan fingerprint density at radius 1 is 1.02 bits per heavy atom. The van der Waals surface area contributed by atoms with Crippen LogP contribution in [0.5, 0.6) is 5.75 Å². The number of benzene rings is 2. The minimum Gasteiger partial charge on any atom is -0.494 e. The molecule has 0 fully saturated rings. The van der Waals surface area contributed by atoms with Crippen LogP contribution in [0.25, 0.3) is 22.7 Å². The summed E-state index contributed by atoms with van der Waals surface area (Å²) in [7, 11) is 0. The second-order valence-electron chi connectivity index (χ2n) is 12.2. The predicted molar refractivity (Wildman–Crippen MR) is 170 cm³/mol. The van der Waals surface area contributed by atoms with Gasteiger partial charge in [0.25, 0.3) is 0 Å². The highest BCUT2D eigenvalue weighted by molar-refractivity contribution is 5.86. The van der Waals surface area contributed by atoms with Crippen LogP contribution in [0, 0.1) is 11.3 Å². The van der Waals surface area contributed by atoms with Crippen LogP contribution in [0.15, 0.2) is 83.0 Å². The number of aromatic nitrogens is 1. The molecule has 0 spiro atoms. The number of aliphatic carboxylic acids is 1. The third-order valence-electron chi connectivity index (χ3n) is 7.73. The Labute approximate surface area is 255 Å². The molecule has 3 aromatic rings. The molecule has 0 saturated carbocycles. The van der Waals surface area contributed by atoms with Crippen LogP contribution in [-0.4, -0.2) is 34.6 Å². The molecule has 1 aromatic heterocycles. The smallest absolute Gasteiger partial charge is 0.326 e. The van der Waals surface area contributed by atoms with Crippen LogP contribution in [-0.2, 0) is 16.0 Å². The number of hydrogen-bond donors (Lipinski definition) is 2. The van der Waals surface area contributed by atoms with E-state index in [1.165, 1.54) is 31.3 Å². The molecule has 7 nitrogen and oxygen atoms in total. The molecule has 1 aliphatic carbocycles. The van der Waals surface area contributed by atoms with E-state index in [1.54, 1.807) is 6.26 Å². The van der Waals surface area contributed by atoms with E-state index in [1.807, 2.05) is 60.7 Å². The number of ether oxygens (including phenoxy) is 1. The lowest BCUT2D eigenvalue weighted by molar-refractivity contribution is -0.142. The lowest BCUT2D eigenvalue weighted by Gasteiger charge is -2.25. The van der Waals surface area contributed by atoms with Crippen molar-refractivity contribution in [1.29, 1.82) is 0 Å². The van der Waals surface area contributed by atoms with Gasteiger partial charge in [0, 0.05) is 17.5 Å². The number of unbranched alkanes of at least 4 members (excludes halogenated alkanes) is 4. The first kappa shape index (κ1) is 31.8. The molecule has 2 N–H and O–H groups in total. The number of allylic oxidation sites excluding steroid dienone is 3. The van der Waals surface area contributed by atoms with E-state index in [-0.39, 0.29) is 23.7 Å². The van der Waals surface area contributed by atoms with Gasteiger partial charge < -0.3 is 19.6 Å². The zero-order valence-corrected chi connectivity index (χ0v) is 25.8. The molecule has 7 heteroatoms. The van der Waals surface area contributed by atoms with Crippen LogP contribution < -0.4 is 10.1 Å². The summed E-state index contributed by atoms with van der Waals surface area (Å²) in [5, 5.41) is 12.5. The fourth-order valence-electron chi connectivity index (χ4n) is 5.03. The third kappa shape index (κ3) is 9.18. The molecular weight excluding hydrogens is 540 g/mol. The van der Waals surface area contributed by atoms with E-state index in [0.717, 1.165) is 41.2 Å². The predicted octanol–water partition coefficient (Wildman–Crippen LogP) is 8.02. The number of carbonyl (C=O) groups is 2. The van der Waals surface area contributed by atoms with Gasteiger partial charge in [0.05, 0.1) is 12.5 Å². The minimum absolute atomic E-state index is 0.00810. The molecule has 4 rings (SSSR count). The number of carboxylic acids is 1. The van der Waals surface area contributed by atoms with Gasteiger partial charge >= 0.3 is 5.97 Å². The summed E-state index contributed by atoms with van der Waals surface area (Å²) < 4.78 is 11.6. The highest BCUT2D eigenvalue weighted by atomic mass is 16.5. The van der Waals surface area contributed by atoms with E-state index in [2.05, 4.69) is 44.1 Å². The number of carboxylic acid groups (broad SMARTS) is 1. The molecule has 228 valence electrons. The summed E-state index contributed by atoms with van der Waals surface area (Å²) in [6, 6.07) is 14.2. The molecule has 0 bridgehead atoms. The summed E-state index contributed by atoms with van der Waals surface area (Å²) >= 11 is 0. The highest BCUT2D eigenvalue weighted by Crippen LogP contribution is 2.31. The summed E-state index contributed by atoms with van der Waals surface area (Å²) in [5.74, 6) is -0.402. The van der Waals surface area contributed by atoms with Gasteiger partial charge in [-0.15, -0.1) is 0 Å². The minimum atomic E-state index is -1.07. The quantitative estimate of drug-likeness (QED) is 0.186. The second kappa shape index (κ2) is 14.9. The molecule has 0 saturated heterocycles. The molecule has 1 aliphatic rings. The van der Waals surface area contributed by atoms with Crippen molar-refractivity contribution in [2.45, 2.75) is 78.7 Å². The van der Waals surface area contributed by atoms with Gasteiger partial charge in [-0.1, -0.05) is 83.7 Å². The van der Waals surface area contributed by atoms with E-state index in [9.17, 15) is 14.7 Å². The number of hydrogen-bond acceptors (Lipinski definition) is 5. The topological polar surface area (TPSA) is 102 Å². The van der Waals surface area contributed by atoms with E-state index < -0.39 is 12.0 Å². The van der Waals surface area contributed by atoms with Crippen molar-refractivity contribution < 1.29 is 23.8 Å². The monoisotopic (exact) mass is 584 g/mol. The average molecular weight is 585 g/mol. The van der Waals surface area contributed by atoms with Gasteiger partial charge in [-0.05, 0) is 65.8 Å². The Morgan fingerprint density at radius 2 is 1.72 bits per heavy atom. The van der Waals surface area contributed by atoms with Crippen LogP contribution in [0.3, 0.4) is 0 Å². The summed E-state index contributed by atoms with van der Waals surface area (Å²) in [6.07, 6.45) is 14.3. The number of nitrogens with one attached hydrogen (secondary N) is 1. The molecule has 2 aromatic carbocycles. The van der Waals surface area contributed by atoms with Crippen molar-refractivity contribution in [2.24, 2.45) is 11.3 Å². The van der Waals surface area contributed by atoms with Crippen molar-refractivity contribution >= 4 is 11.9 Å². The molecule has 43 heavy (non-hydrogen) atoms. The maximum absolute atomic E-state index is 12.8. The number of carbonyl (C=O) groups excluding carboxylic acids is 1. The van der Waals surface area contributed by atoms with Crippen molar-refractivity contribution in [3.05, 3.63) is 84.2 Å². The lowest BCUT2D eigenvalue weighted by atomic mass is 9.81. The zero-order chi connectivity index (χ0) is 30.8. The number of oxazole rings is 1. The van der Waals surface area contributed by atoms with Gasteiger partial charge in [0.15, 0.2) is 0 Å². The second-order valence-corrected chi connectivity index (χ2v) is 12.2. The van der Waals surface area contributed by atoms with Crippen molar-refractivity contribution in [3.63, 3.8) is 0 Å². The molecule has 1 amide bonds. The van der Waals surface area contributed by atoms with E-state index in [0.29, 0.717) is 12.3 Å². The van der Waals surface area contributed by atoms with Crippen LogP contribution >= 0.6 is 0 Å². The number of nitrogens with zero attached hydrogens (tertiary/aromatic N) is 1. The average Bonchev–Trinajstić information content (AvgIpc) is 3.49. The Bertz CT molecular complexity index is 1410. The van der Waals surface area contributed by atoms with Gasteiger partial charge in [-0.2, -0.15) is 0 Å². The van der Waals surface area contributed by atoms with Gasteiger partial charge in [-0.3, -0.25) is 4.79 Å². The maximum atomic E-state index is 12.8. The summed E-state index contributed by atoms with van der Waals surface area (Å²) in [4.78, 5) is 29.5. The van der Waals surface area contributed by atoms with E-state index >= 15 is 0 Å². The normalized spacial score (nSPS) is 15.5. The van der Waals surface area contributed by atoms with Gasteiger partial charge in [-0.25, -0.2) is 9.78 Å².